The Morgan fingerprint density at radius 1 is 1.10 bits per heavy atom. The number of benzene rings is 2. The molecule has 2 aromatic heterocycles. The molecule has 152 valence electrons. The zero-order chi connectivity index (χ0) is 21.6. The van der Waals surface area contributed by atoms with Gasteiger partial charge in [-0.05, 0) is 50.1 Å². The maximum atomic E-state index is 14.1. The second-order valence-corrected chi connectivity index (χ2v) is 8.02. The number of rotatable bonds is 3. The zero-order valence-corrected chi connectivity index (χ0v) is 17.2. The average molecular weight is 425 g/mol. The summed E-state index contributed by atoms with van der Waals surface area (Å²) in [5, 5.41) is 3.08. The normalized spacial score (nSPS) is 11.1. The van der Waals surface area contributed by atoms with Crippen LogP contribution in [-0.4, -0.2) is 15.9 Å². The Kier molecular flexibility index (Phi) is 4.95. The fourth-order valence-electron chi connectivity index (χ4n) is 3.34. The number of nitrogens with zero attached hydrogens (tertiary/aromatic N) is 1. The van der Waals surface area contributed by atoms with Crippen molar-refractivity contribution in [2.45, 2.75) is 20.8 Å². The van der Waals surface area contributed by atoms with Crippen LogP contribution in [0.1, 0.15) is 26.4 Å². The van der Waals surface area contributed by atoms with E-state index < -0.39 is 22.8 Å². The van der Waals surface area contributed by atoms with E-state index in [0.29, 0.717) is 16.1 Å². The molecule has 8 heteroatoms. The maximum Gasteiger partial charge on any atom is 0.266 e. The van der Waals surface area contributed by atoms with E-state index in [0.717, 1.165) is 34.6 Å². The minimum Gasteiger partial charge on any atom is -0.321 e. The van der Waals surface area contributed by atoms with Gasteiger partial charge in [-0.2, -0.15) is 0 Å². The third-order valence-corrected chi connectivity index (χ3v) is 6.02. The minimum atomic E-state index is -0.835. The lowest BCUT2D eigenvalue weighted by Crippen LogP contribution is -2.13. The molecule has 0 aliphatic carbocycles. The number of amides is 1. The number of aromatic nitrogens is 2. The highest BCUT2D eigenvalue weighted by atomic mass is 32.1. The van der Waals surface area contributed by atoms with Gasteiger partial charge in [0, 0.05) is 5.69 Å². The lowest BCUT2D eigenvalue weighted by atomic mass is 10.1. The number of fused-ring (bicyclic) bond motifs is 1. The molecule has 0 spiro atoms. The first-order valence-corrected chi connectivity index (χ1v) is 9.94. The van der Waals surface area contributed by atoms with Crippen LogP contribution in [0.3, 0.4) is 0 Å². The van der Waals surface area contributed by atoms with Gasteiger partial charge in [0.05, 0.1) is 15.8 Å². The van der Waals surface area contributed by atoms with Crippen LogP contribution in [0.15, 0.2) is 41.2 Å². The standard InChI is InChI=1S/C22H17F2N3O2S/c1-10-7-8-15(11(2)9-10)25-21(29)18-12(3)16-20(28)26-19(27-22(16)30-18)17-13(23)5-4-6-14(17)24/h4-9H,1-3H3,(H,25,29)(H,26,27,28). The van der Waals surface area contributed by atoms with Gasteiger partial charge in [-0.25, -0.2) is 13.8 Å². The van der Waals surface area contributed by atoms with E-state index >= 15 is 0 Å². The van der Waals surface area contributed by atoms with Crippen molar-refractivity contribution in [1.29, 1.82) is 0 Å². The molecule has 2 aromatic carbocycles. The van der Waals surface area contributed by atoms with Gasteiger partial charge < -0.3 is 10.3 Å². The Labute approximate surface area is 174 Å². The molecule has 4 rings (SSSR count). The SMILES string of the molecule is Cc1ccc(NC(=O)c2sc3nc(-c4c(F)cccc4F)[nH]c(=O)c3c2C)c(C)c1. The molecule has 0 bridgehead atoms. The highest BCUT2D eigenvalue weighted by Crippen LogP contribution is 2.30. The molecule has 2 heterocycles. The first-order chi connectivity index (χ1) is 14.3. The predicted octanol–water partition coefficient (Wildman–Crippen LogP) is 5.11. The van der Waals surface area contributed by atoms with Crippen molar-refractivity contribution in [2.24, 2.45) is 0 Å². The molecule has 0 radical (unpaired) electrons. The molecule has 4 aromatic rings. The van der Waals surface area contributed by atoms with Gasteiger partial charge in [0.15, 0.2) is 0 Å². The molecule has 0 unspecified atom stereocenters. The number of anilines is 1. The largest absolute Gasteiger partial charge is 0.321 e. The summed E-state index contributed by atoms with van der Waals surface area (Å²) in [6, 6.07) is 9.07. The molecule has 1 amide bonds. The van der Waals surface area contributed by atoms with Gasteiger partial charge >= 0.3 is 0 Å². The highest BCUT2D eigenvalue weighted by molar-refractivity contribution is 7.20. The number of hydrogen-bond acceptors (Lipinski definition) is 4. The first kappa shape index (κ1) is 19.9. The summed E-state index contributed by atoms with van der Waals surface area (Å²) in [6.07, 6.45) is 0. The number of hydrogen-bond donors (Lipinski definition) is 2. The smallest absolute Gasteiger partial charge is 0.266 e. The van der Waals surface area contributed by atoms with Gasteiger partial charge in [0.2, 0.25) is 0 Å². The van der Waals surface area contributed by atoms with Crippen LogP contribution >= 0.6 is 11.3 Å². The van der Waals surface area contributed by atoms with E-state index in [1.807, 2.05) is 32.0 Å². The van der Waals surface area contributed by atoms with Crippen LogP contribution in [0.5, 0.6) is 0 Å². The van der Waals surface area contributed by atoms with E-state index in [1.54, 1.807) is 6.92 Å². The molecule has 5 nitrogen and oxygen atoms in total. The van der Waals surface area contributed by atoms with Crippen LogP contribution in [0.4, 0.5) is 14.5 Å². The molecule has 2 N–H and O–H groups in total. The number of H-pyrrole nitrogens is 1. The van der Waals surface area contributed by atoms with Gasteiger partial charge in [-0.3, -0.25) is 9.59 Å². The number of thiophene rings is 1. The molecular formula is C22H17F2N3O2S. The van der Waals surface area contributed by atoms with Crippen molar-refractivity contribution in [3.63, 3.8) is 0 Å². The van der Waals surface area contributed by atoms with Crippen molar-refractivity contribution >= 4 is 33.1 Å². The fourth-order valence-corrected chi connectivity index (χ4v) is 4.41. The van der Waals surface area contributed by atoms with Gasteiger partial charge in [0.25, 0.3) is 11.5 Å². The molecule has 0 fully saturated rings. The third-order valence-electron chi connectivity index (χ3n) is 4.84. The highest BCUT2D eigenvalue weighted by Gasteiger charge is 2.22. The van der Waals surface area contributed by atoms with E-state index in [-0.39, 0.29) is 21.9 Å². The molecule has 0 saturated carbocycles. The lowest BCUT2D eigenvalue weighted by molar-refractivity contribution is 0.103. The van der Waals surface area contributed by atoms with Crippen molar-refractivity contribution in [3.8, 4) is 11.4 Å². The summed E-state index contributed by atoms with van der Waals surface area (Å²) in [5.41, 5.74) is 2.15. The van der Waals surface area contributed by atoms with Crippen molar-refractivity contribution < 1.29 is 13.6 Å². The Morgan fingerprint density at radius 3 is 2.47 bits per heavy atom. The van der Waals surface area contributed by atoms with Crippen LogP contribution in [0, 0.1) is 32.4 Å². The monoisotopic (exact) mass is 425 g/mol. The van der Waals surface area contributed by atoms with Crippen molar-refractivity contribution in [1.82, 2.24) is 9.97 Å². The summed E-state index contributed by atoms with van der Waals surface area (Å²) in [5.74, 6) is -2.26. The molecule has 0 aliphatic rings. The van der Waals surface area contributed by atoms with Crippen molar-refractivity contribution in [3.05, 3.63) is 80.0 Å². The summed E-state index contributed by atoms with van der Waals surface area (Å²) in [7, 11) is 0. The molecule has 0 atom stereocenters. The summed E-state index contributed by atoms with van der Waals surface area (Å²) in [4.78, 5) is 32.7. The van der Waals surface area contributed by atoms with Crippen LogP contribution in [0.25, 0.3) is 21.6 Å². The Morgan fingerprint density at radius 2 is 1.80 bits per heavy atom. The van der Waals surface area contributed by atoms with Crippen LogP contribution < -0.4 is 10.9 Å². The van der Waals surface area contributed by atoms with Gasteiger partial charge in [-0.15, -0.1) is 11.3 Å². The molecular weight excluding hydrogens is 408 g/mol. The van der Waals surface area contributed by atoms with E-state index in [4.69, 9.17) is 0 Å². The topological polar surface area (TPSA) is 74.8 Å². The van der Waals surface area contributed by atoms with E-state index in [2.05, 4.69) is 15.3 Å². The molecule has 0 aliphatic heterocycles. The predicted molar refractivity (Wildman–Crippen MR) is 114 cm³/mol. The van der Waals surface area contributed by atoms with E-state index in [9.17, 15) is 18.4 Å². The number of nitrogens with one attached hydrogen (secondary N) is 2. The summed E-state index contributed by atoms with van der Waals surface area (Å²) >= 11 is 1.01. The number of halogens is 2. The van der Waals surface area contributed by atoms with Gasteiger partial charge in [-0.1, -0.05) is 23.8 Å². The zero-order valence-electron chi connectivity index (χ0n) is 16.4. The third kappa shape index (κ3) is 3.39. The number of aryl methyl sites for hydroxylation is 3. The second kappa shape index (κ2) is 7.46. The number of aromatic amines is 1. The van der Waals surface area contributed by atoms with Gasteiger partial charge in [0.1, 0.15) is 22.3 Å². The average Bonchev–Trinajstić information content (AvgIpc) is 3.01. The molecule has 0 saturated heterocycles. The maximum absolute atomic E-state index is 14.1. The van der Waals surface area contributed by atoms with Crippen LogP contribution in [0.2, 0.25) is 0 Å². The quantitative estimate of drug-likeness (QED) is 0.479. The Bertz CT molecular complexity index is 1350. The Hall–Kier alpha value is -3.39. The van der Waals surface area contributed by atoms with Crippen LogP contribution in [-0.2, 0) is 0 Å². The first-order valence-electron chi connectivity index (χ1n) is 9.12. The summed E-state index contributed by atoms with van der Waals surface area (Å²) < 4.78 is 28.3. The minimum absolute atomic E-state index is 0.217. The second-order valence-electron chi connectivity index (χ2n) is 7.02. The van der Waals surface area contributed by atoms with E-state index in [1.165, 1.54) is 6.07 Å². The Balaban J connectivity index is 1.79. The van der Waals surface area contributed by atoms with Crippen molar-refractivity contribution in [2.75, 3.05) is 5.32 Å². The number of carbonyl (C=O) groups is 1. The number of carbonyl (C=O) groups excluding carboxylic acids is 1. The lowest BCUT2D eigenvalue weighted by Gasteiger charge is -2.08. The molecule has 30 heavy (non-hydrogen) atoms. The fraction of sp³-hybridized carbons (Fsp3) is 0.136. The summed E-state index contributed by atoms with van der Waals surface area (Å²) in [6.45, 7) is 5.50.